The number of imidazole rings is 1. The first-order valence-electron chi connectivity index (χ1n) is 5.86. The van der Waals surface area contributed by atoms with E-state index in [0.29, 0.717) is 24.9 Å². The highest BCUT2D eigenvalue weighted by Crippen LogP contribution is 2.34. The van der Waals surface area contributed by atoms with Crippen molar-refractivity contribution in [2.45, 2.75) is 38.5 Å². The molecule has 2 heterocycles. The van der Waals surface area contributed by atoms with Crippen LogP contribution < -0.4 is 5.73 Å². The van der Waals surface area contributed by atoms with Crippen LogP contribution in [0.3, 0.4) is 0 Å². The van der Waals surface area contributed by atoms with Crippen molar-refractivity contribution in [1.29, 1.82) is 0 Å². The summed E-state index contributed by atoms with van der Waals surface area (Å²) >= 11 is 0. The van der Waals surface area contributed by atoms with E-state index < -0.39 is 5.97 Å². The van der Waals surface area contributed by atoms with Crippen molar-refractivity contribution >= 4 is 11.8 Å². The number of aromatic nitrogens is 2. The molecule has 1 saturated carbocycles. The predicted octanol–water partition coefficient (Wildman–Crippen LogP) is 0.862. The average Bonchev–Trinajstić information content (AvgIpc) is 2.50. The van der Waals surface area contributed by atoms with Gasteiger partial charge < -0.3 is 20.1 Å². The van der Waals surface area contributed by atoms with Gasteiger partial charge in [-0.2, -0.15) is 0 Å². The molecule has 1 aliphatic heterocycles. The molecule has 3 rings (SSSR count). The summed E-state index contributed by atoms with van der Waals surface area (Å²) in [6.45, 7) is 0.921. The zero-order chi connectivity index (χ0) is 12.0. The summed E-state index contributed by atoms with van der Waals surface area (Å²) in [4.78, 5) is 15.2. The number of ether oxygens (including phenoxy) is 1. The molecule has 1 atom stereocenters. The molecule has 0 radical (unpaired) electrons. The van der Waals surface area contributed by atoms with E-state index in [1.807, 2.05) is 0 Å². The molecule has 3 N–H and O–H groups in total. The lowest BCUT2D eigenvalue weighted by Gasteiger charge is -2.36. The molecule has 6 heteroatoms. The molecule has 17 heavy (non-hydrogen) atoms. The molecule has 0 amide bonds. The first-order valence-corrected chi connectivity index (χ1v) is 5.86. The second-order valence-electron chi connectivity index (χ2n) is 4.72. The SMILES string of the molecule is Nc1nc2n(c1C(=O)O)CC(C1CCC1)OC2. The smallest absolute Gasteiger partial charge is 0.356 e. The van der Waals surface area contributed by atoms with Crippen LogP contribution in [-0.2, 0) is 17.9 Å². The quantitative estimate of drug-likeness (QED) is 0.796. The van der Waals surface area contributed by atoms with Gasteiger partial charge in [0.25, 0.3) is 0 Å². The Labute approximate surface area is 98.4 Å². The zero-order valence-electron chi connectivity index (χ0n) is 9.43. The molecular formula is C11H15N3O3. The Morgan fingerprint density at radius 3 is 2.88 bits per heavy atom. The third-order valence-corrected chi connectivity index (χ3v) is 3.74. The molecule has 1 aromatic heterocycles. The fourth-order valence-electron chi connectivity index (χ4n) is 2.56. The number of hydrogen-bond acceptors (Lipinski definition) is 4. The maximum Gasteiger partial charge on any atom is 0.356 e. The summed E-state index contributed by atoms with van der Waals surface area (Å²) in [5.74, 6) is 0.254. The lowest BCUT2D eigenvalue weighted by Crippen LogP contribution is -2.37. The maximum atomic E-state index is 11.1. The number of carbonyl (C=O) groups is 1. The van der Waals surface area contributed by atoms with Crippen LogP contribution in [0.2, 0.25) is 0 Å². The molecule has 1 fully saturated rings. The van der Waals surface area contributed by atoms with Crippen molar-refractivity contribution < 1.29 is 14.6 Å². The number of fused-ring (bicyclic) bond motifs is 1. The number of anilines is 1. The van der Waals surface area contributed by atoms with Gasteiger partial charge in [-0.05, 0) is 18.8 Å². The molecule has 2 aliphatic rings. The van der Waals surface area contributed by atoms with Gasteiger partial charge in [-0.25, -0.2) is 9.78 Å². The third kappa shape index (κ3) is 1.59. The van der Waals surface area contributed by atoms with Gasteiger partial charge in [0.2, 0.25) is 0 Å². The molecule has 0 saturated heterocycles. The molecule has 0 spiro atoms. The van der Waals surface area contributed by atoms with E-state index in [0.717, 1.165) is 0 Å². The molecule has 6 nitrogen and oxygen atoms in total. The number of nitrogens with zero attached hydrogens (tertiary/aromatic N) is 2. The number of carboxylic acid groups (broad SMARTS) is 1. The highest BCUT2D eigenvalue weighted by molar-refractivity contribution is 5.91. The summed E-state index contributed by atoms with van der Waals surface area (Å²) in [6, 6.07) is 0. The second kappa shape index (κ2) is 3.73. The van der Waals surface area contributed by atoms with Crippen molar-refractivity contribution in [3.05, 3.63) is 11.5 Å². The lowest BCUT2D eigenvalue weighted by molar-refractivity contribution is -0.0547. The summed E-state index contributed by atoms with van der Waals surface area (Å²) in [7, 11) is 0. The second-order valence-corrected chi connectivity index (χ2v) is 4.72. The lowest BCUT2D eigenvalue weighted by atomic mass is 9.80. The monoisotopic (exact) mass is 237 g/mol. The van der Waals surface area contributed by atoms with Crippen molar-refractivity contribution in [3.63, 3.8) is 0 Å². The fourth-order valence-corrected chi connectivity index (χ4v) is 2.56. The normalized spacial score (nSPS) is 24.1. The average molecular weight is 237 g/mol. The number of nitrogen functional groups attached to an aromatic ring is 1. The minimum Gasteiger partial charge on any atom is -0.476 e. The Morgan fingerprint density at radius 1 is 1.53 bits per heavy atom. The van der Waals surface area contributed by atoms with E-state index in [9.17, 15) is 4.79 Å². The number of hydrogen-bond donors (Lipinski definition) is 2. The highest BCUT2D eigenvalue weighted by atomic mass is 16.5. The molecule has 92 valence electrons. The highest BCUT2D eigenvalue weighted by Gasteiger charge is 2.34. The summed E-state index contributed by atoms with van der Waals surface area (Å²) in [5.41, 5.74) is 5.73. The minimum atomic E-state index is -1.02. The molecule has 0 aromatic carbocycles. The maximum absolute atomic E-state index is 11.1. The van der Waals surface area contributed by atoms with Crippen molar-refractivity contribution in [2.75, 3.05) is 5.73 Å². The van der Waals surface area contributed by atoms with Crippen LogP contribution in [0.1, 0.15) is 35.6 Å². The zero-order valence-corrected chi connectivity index (χ0v) is 9.43. The summed E-state index contributed by atoms with van der Waals surface area (Å²) in [6.07, 6.45) is 3.71. The number of rotatable bonds is 2. The van der Waals surface area contributed by atoms with Gasteiger partial charge in [0.05, 0.1) is 12.6 Å². The topological polar surface area (TPSA) is 90.4 Å². The van der Waals surface area contributed by atoms with Crippen LogP contribution in [0.25, 0.3) is 0 Å². The van der Waals surface area contributed by atoms with E-state index in [4.69, 9.17) is 15.6 Å². The van der Waals surface area contributed by atoms with Crippen LogP contribution in [0.5, 0.6) is 0 Å². The van der Waals surface area contributed by atoms with Gasteiger partial charge in [-0.1, -0.05) is 6.42 Å². The Morgan fingerprint density at radius 2 is 2.29 bits per heavy atom. The first kappa shape index (κ1) is 10.6. The van der Waals surface area contributed by atoms with Gasteiger partial charge in [-0.15, -0.1) is 0 Å². The molecule has 0 bridgehead atoms. The summed E-state index contributed by atoms with van der Waals surface area (Å²) in [5, 5.41) is 9.12. The number of carboxylic acids is 1. The Hall–Kier alpha value is -1.56. The van der Waals surface area contributed by atoms with Crippen LogP contribution >= 0.6 is 0 Å². The van der Waals surface area contributed by atoms with Crippen molar-refractivity contribution in [2.24, 2.45) is 5.92 Å². The van der Waals surface area contributed by atoms with Gasteiger partial charge in [-0.3, -0.25) is 0 Å². The van der Waals surface area contributed by atoms with E-state index >= 15 is 0 Å². The van der Waals surface area contributed by atoms with Crippen molar-refractivity contribution in [3.8, 4) is 0 Å². The van der Waals surface area contributed by atoms with Crippen LogP contribution in [0.4, 0.5) is 5.82 Å². The van der Waals surface area contributed by atoms with Crippen LogP contribution in [-0.4, -0.2) is 26.7 Å². The number of nitrogens with two attached hydrogens (primary N) is 1. The molecule has 1 aliphatic carbocycles. The third-order valence-electron chi connectivity index (χ3n) is 3.74. The largest absolute Gasteiger partial charge is 0.476 e. The Balaban J connectivity index is 1.91. The van der Waals surface area contributed by atoms with Crippen molar-refractivity contribution in [1.82, 2.24) is 9.55 Å². The standard InChI is InChI=1S/C11H15N3O3/c12-10-9(11(15)16)14-4-7(6-2-1-3-6)17-5-8(14)13-10/h6-7H,1-5,12H2,(H,15,16). The Bertz CT molecular complexity index is 465. The van der Waals surface area contributed by atoms with Gasteiger partial charge >= 0.3 is 5.97 Å². The minimum absolute atomic E-state index is 0.0883. The summed E-state index contributed by atoms with van der Waals surface area (Å²) < 4.78 is 7.42. The number of aromatic carboxylic acids is 1. The fraction of sp³-hybridized carbons (Fsp3) is 0.636. The molecule has 1 aromatic rings. The van der Waals surface area contributed by atoms with E-state index in [2.05, 4.69) is 4.98 Å². The van der Waals surface area contributed by atoms with E-state index in [1.165, 1.54) is 19.3 Å². The van der Waals surface area contributed by atoms with Gasteiger partial charge in [0.15, 0.2) is 11.5 Å². The Kier molecular flexibility index (Phi) is 2.32. The first-order chi connectivity index (χ1) is 8.16. The molecule has 1 unspecified atom stereocenters. The van der Waals surface area contributed by atoms with E-state index in [1.54, 1.807) is 4.57 Å². The van der Waals surface area contributed by atoms with Gasteiger partial charge in [0.1, 0.15) is 12.4 Å². The van der Waals surface area contributed by atoms with E-state index in [-0.39, 0.29) is 17.6 Å². The predicted molar refractivity (Wildman–Crippen MR) is 59.5 cm³/mol. The van der Waals surface area contributed by atoms with Crippen LogP contribution in [0, 0.1) is 5.92 Å². The van der Waals surface area contributed by atoms with Crippen LogP contribution in [0.15, 0.2) is 0 Å². The molecular weight excluding hydrogens is 222 g/mol. The van der Waals surface area contributed by atoms with Gasteiger partial charge in [0, 0.05) is 0 Å².